The minimum Gasteiger partial charge on any atom is -0.399 e. The normalized spacial score (nSPS) is 10.6. The molecule has 1 aromatic carbocycles. The molecule has 0 saturated heterocycles. The van der Waals surface area contributed by atoms with E-state index in [1.165, 1.54) is 55.6 Å². The fourth-order valence-electron chi connectivity index (χ4n) is 1.85. The number of benzene rings is 1. The second-order valence-electron chi connectivity index (χ2n) is 4.54. The van der Waals surface area contributed by atoms with E-state index in [4.69, 9.17) is 5.73 Å². The third-order valence-corrected chi connectivity index (χ3v) is 3.95. The predicted molar refractivity (Wildman–Crippen MR) is 79.6 cm³/mol. The first kappa shape index (κ1) is 14.4. The smallest absolute Gasteiger partial charge is 0.0325 e. The maximum atomic E-state index is 5.74. The monoisotopic (exact) mass is 251 g/mol. The van der Waals surface area contributed by atoms with Crippen LogP contribution in [0.5, 0.6) is 0 Å². The summed E-state index contributed by atoms with van der Waals surface area (Å²) >= 11 is 1.92. The number of rotatable bonds is 9. The van der Waals surface area contributed by atoms with Crippen LogP contribution < -0.4 is 5.73 Å². The summed E-state index contributed by atoms with van der Waals surface area (Å²) in [4.78, 5) is 1.30. The number of hydrogen-bond donors (Lipinski definition) is 1. The maximum Gasteiger partial charge on any atom is 0.0325 e. The van der Waals surface area contributed by atoms with Gasteiger partial charge in [-0.3, -0.25) is 0 Å². The van der Waals surface area contributed by atoms with Crippen LogP contribution in [-0.4, -0.2) is 5.75 Å². The maximum absolute atomic E-state index is 5.74. The average molecular weight is 251 g/mol. The summed E-state index contributed by atoms with van der Waals surface area (Å²) in [5.41, 5.74) is 6.61. The Morgan fingerprint density at radius 3 is 2.41 bits per heavy atom. The van der Waals surface area contributed by atoms with Crippen molar-refractivity contribution in [3.05, 3.63) is 24.3 Å². The lowest BCUT2D eigenvalue weighted by Gasteiger charge is -2.03. The van der Waals surface area contributed by atoms with Crippen LogP contribution in [0.2, 0.25) is 0 Å². The number of anilines is 1. The number of thioether (sulfide) groups is 1. The molecule has 0 bridgehead atoms. The van der Waals surface area contributed by atoms with Crippen LogP contribution in [0.15, 0.2) is 29.2 Å². The van der Waals surface area contributed by atoms with E-state index < -0.39 is 0 Å². The van der Waals surface area contributed by atoms with Gasteiger partial charge >= 0.3 is 0 Å². The Morgan fingerprint density at radius 1 is 1.00 bits per heavy atom. The number of nitrogens with two attached hydrogens (primary N) is 1. The minimum absolute atomic E-state index is 0.870. The highest BCUT2D eigenvalue weighted by Gasteiger charge is 1.95. The van der Waals surface area contributed by atoms with Crippen molar-refractivity contribution < 1.29 is 0 Å². The Kier molecular flexibility index (Phi) is 7.98. The largest absolute Gasteiger partial charge is 0.399 e. The van der Waals surface area contributed by atoms with Gasteiger partial charge in [0, 0.05) is 10.6 Å². The van der Waals surface area contributed by atoms with Gasteiger partial charge in [0.05, 0.1) is 0 Å². The highest BCUT2D eigenvalue weighted by molar-refractivity contribution is 7.99. The molecule has 0 spiro atoms. The number of unbranched alkanes of at least 4 members (excludes halogenated alkanes) is 6. The fraction of sp³-hybridized carbons (Fsp3) is 0.600. The van der Waals surface area contributed by atoms with E-state index in [-0.39, 0.29) is 0 Å². The lowest BCUT2D eigenvalue weighted by atomic mass is 10.1. The van der Waals surface area contributed by atoms with Crippen molar-refractivity contribution in [3.8, 4) is 0 Å². The third kappa shape index (κ3) is 7.32. The molecule has 0 radical (unpaired) electrons. The fourth-order valence-corrected chi connectivity index (χ4v) is 2.83. The van der Waals surface area contributed by atoms with Crippen molar-refractivity contribution in [1.82, 2.24) is 0 Å². The van der Waals surface area contributed by atoms with E-state index >= 15 is 0 Å². The molecule has 0 atom stereocenters. The Balaban J connectivity index is 1.97. The minimum atomic E-state index is 0.870. The van der Waals surface area contributed by atoms with Gasteiger partial charge in [0.2, 0.25) is 0 Å². The van der Waals surface area contributed by atoms with Crippen LogP contribution in [0.3, 0.4) is 0 Å². The van der Waals surface area contributed by atoms with Gasteiger partial charge in [0.1, 0.15) is 0 Å². The molecule has 1 aromatic rings. The predicted octanol–water partition coefficient (Wildman–Crippen LogP) is 5.11. The topological polar surface area (TPSA) is 26.0 Å². The summed E-state index contributed by atoms with van der Waals surface area (Å²) in [6.07, 6.45) is 9.67. The summed E-state index contributed by atoms with van der Waals surface area (Å²) in [6, 6.07) is 8.17. The average Bonchev–Trinajstić information content (AvgIpc) is 2.33. The first-order chi connectivity index (χ1) is 8.33. The van der Waals surface area contributed by atoms with E-state index in [1.54, 1.807) is 0 Å². The van der Waals surface area contributed by atoms with Gasteiger partial charge < -0.3 is 5.73 Å². The van der Waals surface area contributed by atoms with Gasteiger partial charge in [0.15, 0.2) is 0 Å². The summed E-state index contributed by atoms with van der Waals surface area (Å²) in [6.45, 7) is 2.27. The van der Waals surface area contributed by atoms with Crippen LogP contribution in [0.1, 0.15) is 51.9 Å². The molecule has 2 N–H and O–H groups in total. The lowest BCUT2D eigenvalue weighted by Crippen LogP contribution is -1.85. The van der Waals surface area contributed by atoms with Gasteiger partial charge in [-0.25, -0.2) is 0 Å². The first-order valence-electron chi connectivity index (χ1n) is 6.81. The van der Waals surface area contributed by atoms with Crippen LogP contribution in [-0.2, 0) is 0 Å². The van der Waals surface area contributed by atoms with Gasteiger partial charge in [0.25, 0.3) is 0 Å². The Bertz CT molecular complexity index is 299. The highest BCUT2D eigenvalue weighted by atomic mass is 32.2. The zero-order valence-electron chi connectivity index (χ0n) is 11.0. The third-order valence-electron chi connectivity index (χ3n) is 2.87. The Hall–Kier alpha value is -0.630. The number of nitrogen functional groups attached to an aromatic ring is 1. The second kappa shape index (κ2) is 9.41. The first-order valence-corrected chi connectivity index (χ1v) is 7.80. The molecule has 0 aromatic heterocycles. The van der Waals surface area contributed by atoms with E-state index in [9.17, 15) is 0 Å². The molecular formula is C15H25NS. The summed E-state index contributed by atoms with van der Waals surface area (Å²) < 4.78 is 0. The van der Waals surface area contributed by atoms with Crippen molar-refractivity contribution >= 4 is 17.4 Å². The molecule has 0 aliphatic heterocycles. The Morgan fingerprint density at radius 2 is 1.71 bits per heavy atom. The zero-order valence-corrected chi connectivity index (χ0v) is 11.8. The van der Waals surface area contributed by atoms with Crippen molar-refractivity contribution in [2.75, 3.05) is 11.5 Å². The highest BCUT2D eigenvalue weighted by Crippen LogP contribution is 2.21. The van der Waals surface area contributed by atoms with Gasteiger partial charge in [-0.2, -0.15) is 0 Å². The molecule has 96 valence electrons. The molecular weight excluding hydrogens is 226 g/mol. The molecule has 0 fully saturated rings. The van der Waals surface area contributed by atoms with Gasteiger partial charge in [-0.05, 0) is 30.4 Å². The van der Waals surface area contributed by atoms with Crippen LogP contribution >= 0.6 is 11.8 Å². The SMILES string of the molecule is CCCCCCCCCSc1cccc(N)c1. The van der Waals surface area contributed by atoms with E-state index in [0.29, 0.717) is 0 Å². The number of hydrogen-bond acceptors (Lipinski definition) is 2. The van der Waals surface area contributed by atoms with Gasteiger partial charge in [-0.1, -0.05) is 51.5 Å². The molecule has 0 heterocycles. The summed E-state index contributed by atoms with van der Waals surface area (Å²) in [5, 5.41) is 0. The van der Waals surface area contributed by atoms with Gasteiger partial charge in [-0.15, -0.1) is 11.8 Å². The van der Waals surface area contributed by atoms with Crippen molar-refractivity contribution in [2.45, 2.75) is 56.8 Å². The summed E-state index contributed by atoms with van der Waals surface area (Å²) in [7, 11) is 0. The molecule has 0 aliphatic carbocycles. The molecule has 0 aliphatic rings. The van der Waals surface area contributed by atoms with E-state index in [1.807, 2.05) is 23.9 Å². The van der Waals surface area contributed by atoms with Crippen LogP contribution in [0, 0.1) is 0 Å². The molecule has 17 heavy (non-hydrogen) atoms. The standard InChI is InChI=1S/C15H25NS/c1-2-3-4-5-6-7-8-12-17-15-11-9-10-14(16)13-15/h9-11,13H,2-8,12,16H2,1H3. The molecule has 0 amide bonds. The molecule has 1 nitrogen and oxygen atoms in total. The molecule has 0 unspecified atom stereocenters. The Labute approximate surface area is 110 Å². The van der Waals surface area contributed by atoms with Crippen LogP contribution in [0.25, 0.3) is 0 Å². The zero-order chi connectivity index (χ0) is 12.3. The van der Waals surface area contributed by atoms with Crippen molar-refractivity contribution in [3.63, 3.8) is 0 Å². The second-order valence-corrected chi connectivity index (χ2v) is 5.71. The van der Waals surface area contributed by atoms with Crippen molar-refractivity contribution in [2.24, 2.45) is 0 Å². The summed E-state index contributed by atoms with van der Waals surface area (Å²) in [5.74, 6) is 1.22. The molecule has 0 saturated carbocycles. The molecule has 1 rings (SSSR count). The van der Waals surface area contributed by atoms with E-state index in [2.05, 4.69) is 19.1 Å². The quantitative estimate of drug-likeness (QED) is 0.375. The molecule has 2 heteroatoms. The van der Waals surface area contributed by atoms with E-state index in [0.717, 1.165) is 5.69 Å². The van der Waals surface area contributed by atoms with Crippen molar-refractivity contribution in [1.29, 1.82) is 0 Å². The van der Waals surface area contributed by atoms with Crippen LogP contribution in [0.4, 0.5) is 5.69 Å². The lowest BCUT2D eigenvalue weighted by molar-refractivity contribution is 0.603.